The van der Waals surface area contributed by atoms with Crippen LogP contribution in [0.5, 0.6) is 5.75 Å². The molecule has 0 radical (unpaired) electrons. The lowest BCUT2D eigenvalue weighted by atomic mass is 10.2. The number of hydrogen-bond acceptors (Lipinski definition) is 4. The molecule has 0 amide bonds. The number of aliphatic hydroxyl groups excluding tert-OH is 1. The molecule has 1 aliphatic rings. The van der Waals surface area contributed by atoms with Crippen LogP contribution in [0.25, 0.3) is 0 Å². The van der Waals surface area contributed by atoms with Gasteiger partial charge in [-0.15, -0.1) is 0 Å². The van der Waals surface area contributed by atoms with Crippen LogP contribution in [0.4, 0.5) is 8.78 Å². The zero-order valence-corrected chi connectivity index (χ0v) is 13.3. The monoisotopic (exact) mass is 355 g/mol. The number of rotatable bonds is 4. The Kier molecular flexibility index (Phi) is 4.53. The number of nitrogens with zero attached hydrogens (tertiary/aromatic N) is 1. The number of aliphatic hydroxyl groups is 1. The van der Waals surface area contributed by atoms with E-state index >= 15 is 0 Å². The van der Waals surface area contributed by atoms with E-state index in [2.05, 4.69) is 0 Å². The predicted octanol–water partition coefficient (Wildman–Crippen LogP) is 1.78. The Bertz CT molecular complexity index is 829. The Morgan fingerprint density at radius 3 is 2.46 bits per heavy atom. The standard InChI is InChI=1S/C16H15F2NO4S/c17-11-6-7-16(13(18)8-11)24(21,22)19-9-14(20)15(10-19)23-12-4-2-1-3-5-12/h1-8,14-15,20H,9-10H2/t14-,15-/m1/s1. The normalized spacial score (nSPS) is 21.8. The lowest BCUT2D eigenvalue weighted by Crippen LogP contribution is -2.31. The molecule has 0 aromatic heterocycles. The summed E-state index contributed by atoms with van der Waals surface area (Å²) in [6.07, 6.45) is -1.82. The number of ether oxygens (including phenoxy) is 1. The lowest BCUT2D eigenvalue weighted by molar-refractivity contribution is 0.0737. The van der Waals surface area contributed by atoms with Crippen LogP contribution in [0.3, 0.4) is 0 Å². The number of benzene rings is 2. The maximum atomic E-state index is 13.8. The van der Waals surface area contributed by atoms with Crippen molar-refractivity contribution in [2.75, 3.05) is 13.1 Å². The van der Waals surface area contributed by atoms with E-state index in [0.29, 0.717) is 11.8 Å². The highest BCUT2D eigenvalue weighted by molar-refractivity contribution is 7.89. The molecule has 2 aromatic carbocycles. The van der Waals surface area contributed by atoms with Gasteiger partial charge in [-0.05, 0) is 24.3 Å². The summed E-state index contributed by atoms with van der Waals surface area (Å²) in [5, 5.41) is 10.1. The summed E-state index contributed by atoms with van der Waals surface area (Å²) in [5.41, 5.74) is 0. The third kappa shape index (κ3) is 3.26. The van der Waals surface area contributed by atoms with E-state index in [-0.39, 0.29) is 13.1 Å². The first-order valence-electron chi connectivity index (χ1n) is 7.23. The number of para-hydroxylation sites is 1. The number of sulfonamides is 1. The van der Waals surface area contributed by atoms with Gasteiger partial charge in [0.25, 0.3) is 0 Å². The fourth-order valence-corrected chi connectivity index (χ4v) is 4.05. The molecular weight excluding hydrogens is 340 g/mol. The molecule has 5 nitrogen and oxygen atoms in total. The van der Waals surface area contributed by atoms with Crippen molar-refractivity contribution in [3.05, 3.63) is 60.2 Å². The van der Waals surface area contributed by atoms with Crippen molar-refractivity contribution >= 4 is 10.0 Å². The van der Waals surface area contributed by atoms with Gasteiger partial charge in [-0.2, -0.15) is 4.31 Å². The summed E-state index contributed by atoms with van der Waals surface area (Å²) in [5.74, 6) is -1.54. The molecule has 1 fully saturated rings. The van der Waals surface area contributed by atoms with Crippen molar-refractivity contribution in [1.82, 2.24) is 4.31 Å². The molecule has 1 heterocycles. The molecule has 1 saturated heterocycles. The molecule has 128 valence electrons. The maximum Gasteiger partial charge on any atom is 0.246 e. The van der Waals surface area contributed by atoms with Gasteiger partial charge in [0.2, 0.25) is 10.0 Å². The summed E-state index contributed by atoms with van der Waals surface area (Å²) in [7, 11) is -4.19. The molecule has 1 N–H and O–H groups in total. The van der Waals surface area contributed by atoms with Crippen LogP contribution in [0.1, 0.15) is 0 Å². The van der Waals surface area contributed by atoms with Gasteiger partial charge in [-0.1, -0.05) is 18.2 Å². The van der Waals surface area contributed by atoms with Gasteiger partial charge in [0, 0.05) is 12.6 Å². The summed E-state index contributed by atoms with van der Waals surface area (Å²) >= 11 is 0. The van der Waals surface area contributed by atoms with Gasteiger partial charge < -0.3 is 9.84 Å². The van der Waals surface area contributed by atoms with Gasteiger partial charge >= 0.3 is 0 Å². The first-order valence-corrected chi connectivity index (χ1v) is 8.67. The van der Waals surface area contributed by atoms with E-state index in [4.69, 9.17) is 4.74 Å². The highest BCUT2D eigenvalue weighted by Gasteiger charge is 2.40. The van der Waals surface area contributed by atoms with Crippen molar-refractivity contribution in [3.8, 4) is 5.75 Å². The summed E-state index contributed by atoms with van der Waals surface area (Å²) < 4.78 is 58.3. The molecule has 24 heavy (non-hydrogen) atoms. The minimum Gasteiger partial charge on any atom is -0.486 e. The van der Waals surface area contributed by atoms with Crippen molar-refractivity contribution in [2.24, 2.45) is 0 Å². The van der Waals surface area contributed by atoms with Crippen LogP contribution in [0, 0.1) is 11.6 Å². The fourth-order valence-electron chi connectivity index (χ4n) is 2.53. The van der Waals surface area contributed by atoms with Crippen LogP contribution in [0.15, 0.2) is 53.4 Å². The third-order valence-corrected chi connectivity index (χ3v) is 5.61. The number of halogens is 2. The molecular formula is C16H15F2NO4S. The molecule has 0 aliphatic carbocycles. The predicted molar refractivity (Wildman–Crippen MR) is 82.0 cm³/mol. The van der Waals surface area contributed by atoms with Crippen LogP contribution in [-0.4, -0.2) is 43.1 Å². The van der Waals surface area contributed by atoms with Gasteiger partial charge in [0.15, 0.2) is 0 Å². The van der Waals surface area contributed by atoms with E-state index in [1.165, 1.54) is 0 Å². The van der Waals surface area contributed by atoms with Crippen LogP contribution < -0.4 is 4.74 Å². The van der Waals surface area contributed by atoms with Gasteiger partial charge in [-0.3, -0.25) is 0 Å². The van der Waals surface area contributed by atoms with E-state index in [1.54, 1.807) is 30.3 Å². The Morgan fingerprint density at radius 1 is 1.08 bits per heavy atom. The highest BCUT2D eigenvalue weighted by Crippen LogP contribution is 2.26. The Labute approximate surface area is 138 Å². The van der Waals surface area contributed by atoms with Crippen molar-refractivity contribution in [3.63, 3.8) is 0 Å². The molecule has 1 aliphatic heterocycles. The van der Waals surface area contributed by atoms with E-state index < -0.39 is 38.8 Å². The first kappa shape index (κ1) is 16.8. The minimum absolute atomic E-state index is 0.130. The van der Waals surface area contributed by atoms with E-state index in [1.807, 2.05) is 0 Å². The molecule has 3 rings (SSSR count). The van der Waals surface area contributed by atoms with E-state index in [9.17, 15) is 22.3 Å². The second kappa shape index (κ2) is 6.46. The molecule has 2 aromatic rings. The number of β-amino-alcohol motifs (C(OH)–C–C–N with tert-alkyl or cyclic N) is 1. The Balaban J connectivity index is 1.80. The summed E-state index contributed by atoms with van der Waals surface area (Å²) in [4.78, 5) is -0.628. The van der Waals surface area contributed by atoms with E-state index in [0.717, 1.165) is 16.4 Å². The zero-order valence-electron chi connectivity index (χ0n) is 12.5. The summed E-state index contributed by atoms with van der Waals surface area (Å²) in [6.45, 7) is -0.355. The molecule has 0 unspecified atom stereocenters. The number of hydrogen-bond donors (Lipinski definition) is 1. The maximum absolute atomic E-state index is 13.8. The topological polar surface area (TPSA) is 66.8 Å². The van der Waals surface area contributed by atoms with Crippen molar-refractivity contribution in [1.29, 1.82) is 0 Å². The fraction of sp³-hybridized carbons (Fsp3) is 0.250. The average Bonchev–Trinajstić information content (AvgIpc) is 2.90. The summed E-state index contributed by atoms with van der Waals surface area (Å²) in [6, 6.07) is 10.9. The first-order chi connectivity index (χ1) is 11.4. The second-order valence-electron chi connectivity index (χ2n) is 5.43. The SMILES string of the molecule is O=S(=O)(c1ccc(F)cc1F)N1C[C@@H](O)[C@H](Oc2ccccc2)C1. The van der Waals surface area contributed by atoms with Crippen LogP contribution >= 0.6 is 0 Å². The van der Waals surface area contributed by atoms with Gasteiger partial charge in [0.1, 0.15) is 34.5 Å². The smallest absolute Gasteiger partial charge is 0.246 e. The van der Waals surface area contributed by atoms with Gasteiger partial charge in [0.05, 0.1) is 6.54 Å². The largest absolute Gasteiger partial charge is 0.486 e. The van der Waals surface area contributed by atoms with Crippen LogP contribution in [0.2, 0.25) is 0 Å². The molecule has 0 bridgehead atoms. The lowest BCUT2D eigenvalue weighted by Gasteiger charge is -2.17. The third-order valence-electron chi connectivity index (χ3n) is 3.75. The van der Waals surface area contributed by atoms with Gasteiger partial charge in [-0.25, -0.2) is 17.2 Å². The van der Waals surface area contributed by atoms with Crippen LogP contribution in [-0.2, 0) is 10.0 Å². The minimum atomic E-state index is -4.19. The average molecular weight is 355 g/mol. The Hall–Kier alpha value is -2.03. The molecule has 8 heteroatoms. The Morgan fingerprint density at radius 2 is 1.79 bits per heavy atom. The second-order valence-corrected chi connectivity index (χ2v) is 7.34. The molecule has 2 atom stereocenters. The molecule has 0 saturated carbocycles. The van der Waals surface area contributed by atoms with Crippen molar-refractivity contribution in [2.45, 2.75) is 17.1 Å². The molecule has 0 spiro atoms. The van der Waals surface area contributed by atoms with Crippen molar-refractivity contribution < 1.29 is 27.0 Å². The zero-order chi connectivity index (χ0) is 17.3. The quantitative estimate of drug-likeness (QED) is 0.908. The highest BCUT2D eigenvalue weighted by atomic mass is 32.2.